The molecular weight excluding hydrogens is 628 g/mol. The average Bonchev–Trinajstić information content (AvgIpc) is 3.14. The quantitative estimate of drug-likeness (QED) is 0.140. The lowest BCUT2D eigenvalue weighted by molar-refractivity contribution is -0.120. The van der Waals surface area contributed by atoms with Crippen molar-refractivity contribution >= 4 is 22.6 Å². The van der Waals surface area contributed by atoms with Crippen LogP contribution in [0, 0.1) is 6.92 Å². The highest BCUT2D eigenvalue weighted by molar-refractivity contribution is 6.03. The molecule has 1 amide bonds. The number of nitrogens with zero attached hydrogens (tertiary/aromatic N) is 2. The van der Waals surface area contributed by atoms with Gasteiger partial charge in [0.1, 0.15) is 19.8 Å². The van der Waals surface area contributed by atoms with Crippen LogP contribution in [0.25, 0.3) is 22.3 Å². The number of carbonyl (C=O) groups is 1. The van der Waals surface area contributed by atoms with Gasteiger partial charge >= 0.3 is 0 Å². The van der Waals surface area contributed by atoms with Crippen molar-refractivity contribution in [1.29, 1.82) is 0 Å². The van der Waals surface area contributed by atoms with Crippen molar-refractivity contribution in [2.24, 2.45) is 0 Å². The van der Waals surface area contributed by atoms with Crippen LogP contribution in [-0.2, 0) is 24.6 Å². The Hall–Kier alpha value is -5.86. The molecule has 6 aromatic rings. The fourth-order valence-electron chi connectivity index (χ4n) is 6.05. The number of amides is 1. The molecule has 0 aliphatic carbocycles. The Bertz CT molecular complexity index is 2170. The molecule has 8 nitrogen and oxygen atoms in total. The van der Waals surface area contributed by atoms with E-state index in [1.165, 1.54) is 0 Å². The van der Waals surface area contributed by atoms with Crippen molar-refractivity contribution in [3.05, 3.63) is 154 Å². The predicted octanol–water partition coefficient (Wildman–Crippen LogP) is 7.78. The zero-order chi connectivity index (χ0) is 34.5. The number of fused-ring (bicyclic) bond motifs is 1. The van der Waals surface area contributed by atoms with Gasteiger partial charge in [-0.1, -0.05) is 91.0 Å². The van der Waals surface area contributed by atoms with Crippen LogP contribution < -0.4 is 24.5 Å². The molecule has 252 valence electrons. The molecule has 0 unspecified atom stereocenters. The Morgan fingerprint density at radius 1 is 0.660 bits per heavy atom. The number of carbonyl (C=O) groups excluding carboxylic acids is 1. The molecular formula is C42H38N2O6. The number of benzene rings is 5. The van der Waals surface area contributed by atoms with Crippen LogP contribution in [0.5, 0.6) is 17.2 Å². The largest absolute Gasteiger partial charge is 0.485 e. The van der Waals surface area contributed by atoms with Gasteiger partial charge in [-0.15, -0.1) is 0 Å². The van der Waals surface area contributed by atoms with Crippen molar-refractivity contribution in [3.8, 4) is 28.6 Å². The van der Waals surface area contributed by atoms with Gasteiger partial charge in [0.2, 0.25) is 17.1 Å². The van der Waals surface area contributed by atoms with Crippen LogP contribution >= 0.6 is 0 Å². The first-order chi connectivity index (χ1) is 24.4. The maximum Gasteiger partial charge on any atom is 0.241 e. The first kappa shape index (κ1) is 32.7. The van der Waals surface area contributed by atoms with Gasteiger partial charge in [0.15, 0.2) is 22.8 Å². The summed E-state index contributed by atoms with van der Waals surface area (Å²) in [4.78, 5) is 31.4. The molecule has 1 saturated heterocycles. The van der Waals surface area contributed by atoms with E-state index >= 15 is 0 Å². The van der Waals surface area contributed by atoms with E-state index < -0.39 is 0 Å². The SMILES string of the molecule is Cc1cc(N2CCN(C)CC2=O)c2oc(-c3ccc(OCc4ccccc4)c(OCc4ccccc4)c3)c(OCc3ccccc3)c(=O)c2c1. The second-order valence-corrected chi connectivity index (χ2v) is 12.5. The lowest BCUT2D eigenvalue weighted by atomic mass is 10.1. The second kappa shape index (κ2) is 14.7. The van der Waals surface area contributed by atoms with Crippen molar-refractivity contribution < 1.29 is 23.4 Å². The van der Waals surface area contributed by atoms with E-state index in [1.807, 2.05) is 134 Å². The lowest BCUT2D eigenvalue weighted by Gasteiger charge is -2.32. The van der Waals surface area contributed by atoms with Crippen LogP contribution in [0.15, 0.2) is 131 Å². The van der Waals surface area contributed by atoms with Gasteiger partial charge in [-0.05, 0) is 66.6 Å². The summed E-state index contributed by atoms with van der Waals surface area (Å²) in [6.07, 6.45) is 0. The molecule has 1 aliphatic rings. The Labute approximate surface area is 291 Å². The van der Waals surface area contributed by atoms with Crippen LogP contribution in [0.1, 0.15) is 22.3 Å². The zero-order valence-electron chi connectivity index (χ0n) is 28.1. The van der Waals surface area contributed by atoms with Crippen LogP contribution in [0.3, 0.4) is 0 Å². The normalized spacial score (nSPS) is 13.4. The van der Waals surface area contributed by atoms with E-state index in [0.717, 1.165) is 22.3 Å². The van der Waals surface area contributed by atoms with E-state index in [2.05, 4.69) is 0 Å². The van der Waals surface area contributed by atoms with Gasteiger partial charge in [-0.25, -0.2) is 0 Å². The van der Waals surface area contributed by atoms with Crippen LogP contribution in [0.4, 0.5) is 5.69 Å². The van der Waals surface area contributed by atoms with Crippen molar-refractivity contribution in [2.75, 3.05) is 31.6 Å². The molecule has 0 radical (unpaired) electrons. The summed E-state index contributed by atoms with van der Waals surface area (Å²) in [5.41, 5.74) is 4.90. The number of aryl methyl sites for hydroxylation is 1. The van der Waals surface area contributed by atoms with E-state index in [-0.39, 0.29) is 36.0 Å². The molecule has 8 heteroatoms. The third-order valence-corrected chi connectivity index (χ3v) is 8.68. The minimum atomic E-state index is -0.320. The van der Waals surface area contributed by atoms with Gasteiger partial charge in [0.25, 0.3) is 0 Å². The standard InChI is InChI=1S/C42H38N2O6/c1-29-22-34-39(46)42(49-28-32-16-10-5-11-17-32)40(50-41(34)35(23-29)44-21-20-43(2)25-38(44)45)33-18-19-36(47-26-30-12-6-3-7-13-30)37(24-33)48-27-31-14-8-4-9-15-31/h3-19,22-24H,20-21,25-28H2,1-2H3. The van der Waals surface area contributed by atoms with E-state index in [0.29, 0.717) is 60.0 Å². The van der Waals surface area contributed by atoms with Gasteiger partial charge in [-0.3, -0.25) is 14.5 Å². The van der Waals surface area contributed by atoms with E-state index in [9.17, 15) is 9.59 Å². The molecule has 0 N–H and O–H groups in total. The van der Waals surface area contributed by atoms with Crippen molar-refractivity contribution in [2.45, 2.75) is 26.7 Å². The summed E-state index contributed by atoms with van der Waals surface area (Å²) in [5, 5.41) is 0.349. The summed E-state index contributed by atoms with van der Waals surface area (Å²) < 4.78 is 25.7. The van der Waals surface area contributed by atoms with Crippen LogP contribution in [0.2, 0.25) is 0 Å². The molecule has 1 aliphatic heterocycles. The lowest BCUT2D eigenvalue weighted by Crippen LogP contribution is -2.49. The molecule has 7 rings (SSSR count). The minimum Gasteiger partial charge on any atom is -0.485 e. The number of ether oxygens (including phenoxy) is 3. The number of rotatable bonds is 11. The molecule has 0 atom stereocenters. The smallest absolute Gasteiger partial charge is 0.241 e. The molecule has 5 aromatic carbocycles. The maximum atomic E-state index is 14.4. The maximum absolute atomic E-state index is 14.4. The molecule has 1 fully saturated rings. The van der Waals surface area contributed by atoms with Crippen molar-refractivity contribution in [1.82, 2.24) is 4.90 Å². The fourth-order valence-corrected chi connectivity index (χ4v) is 6.05. The molecule has 50 heavy (non-hydrogen) atoms. The Morgan fingerprint density at radius 2 is 1.24 bits per heavy atom. The summed E-state index contributed by atoms with van der Waals surface area (Å²) in [7, 11) is 1.92. The number of hydrogen-bond acceptors (Lipinski definition) is 7. The van der Waals surface area contributed by atoms with Crippen molar-refractivity contribution in [3.63, 3.8) is 0 Å². The topological polar surface area (TPSA) is 81.5 Å². The summed E-state index contributed by atoms with van der Waals surface area (Å²) >= 11 is 0. The van der Waals surface area contributed by atoms with Gasteiger partial charge in [-0.2, -0.15) is 0 Å². The van der Waals surface area contributed by atoms with Gasteiger partial charge in [0.05, 0.1) is 17.6 Å². The monoisotopic (exact) mass is 666 g/mol. The first-order valence-corrected chi connectivity index (χ1v) is 16.7. The molecule has 0 bridgehead atoms. The van der Waals surface area contributed by atoms with E-state index in [4.69, 9.17) is 18.6 Å². The summed E-state index contributed by atoms with van der Waals surface area (Å²) in [6, 6.07) is 38.6. The number of piperazine rings is 1. The summed E-state index contributed by atoms with van der Waals surface area (Å²) in [6.45, 7) is 4.17. The zero-order valence-corrected chi connectivity index (χ0v) is 28.1. The average molecular weight is 667 g/mol. The molecule has 1 aromatic heterocycles. The van der Waals surface area contributed by atoms with Crippen LogP contribution in [-0.4, -0.2) is 37.5 Å². The summed E-state index contributed by atoms with van der Waals surface area (Å²) in [5.74, 6) is 1.29. The first-order valence-electron chi connectivity index (χ1n) is 16.7. The highest BCUT2D eigenvalue weighted by Gasteiger charge is 2.28. The number of likely N-dealkylation sites (N-methyl/N-ethyl adjacent to an activating group) is 1. The second-order valence-electron chi connectivity index (χ2n) is 12.5. The highest BCUT2D eigenvalue weighted by Crippen LogP contribution is 2.40. The Balaban J connectivity index is 1.35. The molecule has 0 saturated carbocycles. The third kappa shape index (κ3) is 7.26. The number of anilines is 1. The van der Waals surface area contributed by atoms with Gasteiger partial charge < -0.3 is 23.5 Å². The Kier molecular flexibility index (Phi) is 9.62. The Morgan fingerprint density at radius 3 is 1.84 bits per heavy atom. The third-order valence-electron chi connectivity index (χ3n) is 8.68. The minimum absolute atomic E-state index is 0.0595. The predicted molar refractivity (Wildman–Crippen MR) is 195 cm³/mol. The molecule has 0 spiro atoms. The molecule has 2 heterocycles. The van der Waals surface area contributed by atoms with Gasteiger partial charge in [0, 0.05) is 18.7 Å². The van der Waals surface area contributed by atoms with E-state index in [1.54, 1.807) is 11.0 Å². The number of hydrogen-bond donors (Lipinski definition) is 0. The fraction of sp³-hybridized carbons (Fsp3) is 0.190. The highest BCUT2D eigenvalue weighted by atomic mass is 16.5.